The summed E-state index contributed by atoms with van der Waals surface area (Å²) in [5.41, 5.74) is -0.954. The Balaban J connectivity index is 1.93. The maximum atomic E-state index is 12.5. The molecule has 1 heterocycles. The molecule has 126 valence electrons. The largest absolute Gasteiger partial charge is 0.480 e. The number of hydrogen-bond acceptors (Lipinski definition) is 3. The van der Waals surface area contributed by atoms with Crippen LogP contribution >= 0.6 is 0 Å². The first-order valence-electron chi connectivity index (χ1n) is 8.30. The van der Waals surface area contributed by atoms with Gasteiger partial charge in [0.2, 0.25) is 0 Å². The fourth-order valence-electron chi connectivity index (χ4n) is 3.41. The number of hydrogen-bond donors (Lipinski definition) is 2. The van der Waals surface area contributed by atoms with Gasteiger partial charge in [-0.2, -0.15) is 0 Å². The Morgan fingerprint density at radius 2 is 1.55 bits per heavy atom. The van der Waals surface area contributed by atoms with Crippen molar-refractivity contribution in [2.45, 2.75) is 64.0 Å². The molecule has 2 N–H and O–H groups in total. The van der Waals surface area contributed by atoms with Gasteiger partial charge in [-0.25, -0.2) is 9.59 Å². The molecule has 22 heavy (non-hydrogen) atoms. The van der Waals surface area contributed by atoms with E-state index in [-0.39, 0.29) is 11.6 Å². The molecule has 1 aliphatic heterocycles. The number of amides is 2. The summed E-state index contributed by atoms with van der Waals surface area (Å²) < 4.78 is 0. The predicted octanol–water partition coefficient (Wildman–Crippen LogP) is 1.90. The van der Waals surface area contributed by atoms with Crippen molar-refractivity contribution in [2.75, 3.05) is 26.2 Å². The zero-order chi connectivity index (χ0) is 16.4. The zero-order valence-corrected chi connectivity index (χ0v) is 14.0. The number of aliphatic carboxylic acids is 1. The van der Waals surface area contributed by atoms with Crippen LogP contribution in [0.3, 0.4) is 0 Å². The van der Waals surface area contributed by atoms with E-state index in [4.69, 9.17) is 0 Å². The average Bonchev–Trinajstić information content (AvgIpc) is 2.47. The molecule has 1 saturated heterocycles. The number of carbonyl (C=O) groups is 2. The summed E-state index contributed by atoms with van der Waals surface area (Å²) in [6.07, 6.45) is 3.86. The third kappa shape index (κ3) is 3.72. The molecule has 0 aromatic heterocycles. The van der Waals surface area contributed by atoms with Crippen LogP contribution in [0, 0.1) is 0 Å². The van der Waals surface area contributed by atoms with E-state index in [0.29, 0.717) is 25.9 Å². The lowest BCUT2D eigenvalue weighted by Gasteiger charge is -2.43. The van der Waals surface area contributed by atoms with E-state index >= 15 is 0 Å². The van der Waals surface area contributed by atoms with Gasteiger partial charge in [-0.1, -0.05) is 19.3 Å². The second-order valence-corrected chi connectivity index (χ2v) is 7.52. The molecule has 6 heteroatoms. The number of urea groups is 1. The van der Waals surface area contributed by atoms with E-state index in [1.165, 1.54) is 0 Å². The summed E-state index contributed by atoms with van der Waals surface area (Å²) in [6.45, 7) is 9.48. The number of nitrogens with zero attached hydrogens (tertiary/aromatic N) is 2. The highest BCUT2D eigenvalue weighted by Crippen LogP contribution is 2.29. The molecule has 2 rings (SSSR count). The first kappa shape index (κ1) is 17.1. The van der Waals surface area contributed by atoms with E-state index in [1.807, 2.05) is 0 Å². The summed E-state index contributed by atoms with van der Waals surface area (Å²) in [5.74, 6) is -0.895. The Morgan fingerprint density at radius 3 is 2.00 bits per heavy atom. The van der Waals surface area contributed by atoms with Crippen molar-refractivity contribution >= 4 is 12.0 Å². The maximum absolute atomic E-state index is 12.5. The van der Waals surface area contributed by atoms with Crippen LogP contribution < -0.4 is 5.32 Å². The first-order chi connectivity index (χ1) is 10.2. The van der Waals surface area contributed by atoms with Crippen LogP contribution in [-0.2, 0) is 4.79 Å². The number of carbonyl (C=O) groups excluding carboxylic acids is 1. The highest BCUT2D eigenvalue weighted by molar-refractivity contribution is 5.86. The molecule has 0 aromatic rings. The minimum Gasteiger partial charge on any atom is -0.480 e. The predicted molar refractivity (Wildman–Crippen MR) is 84.9 cm³/mol. The monoisotopic (exact) mass is 311 g/mol. The van der Waals surface area contributed by atoms with Crippen molar-refractivity contribution in [3.63, 3.8) is 0 Å². The van der Waals surface area contributed by atoms with Crippen LogP contribution in [0.2, 0.25) is 0 Å². The minimum atomic E-state index is -1.06. The van der Waals surface area contributed by atoms with Crippen LogP contribution in [0.4, 0.5) is 4.79 Å². The first-order valence-corrected chi connectivity index (χ1v) is 8.30. The quantitative estimate of drug-likeness (QED) is 0.817. The van der Waals surface area contributed by atoms with Gasteiger partial charge in [0, 0.05) is 31.7 Å². The molecule has 1 aliphatic carbocycles. The molecule has 0 spiro atoms. The van der Waals surface area contributed by atoms with Gasteiger partial charge in [-0.05, 0) is 33.6 Å². The molecular weight excluding hydrogens is 282 g/mol. The van der Waals surface area contributed by atoms with Crippen LogP contribution in [-0.4, -0.2) is 64.2 Å². The van der Waals surface area contributed by atoms with Crippen LogP contribution in [0.25, 0.3) is 0 Å². The van der Waals surface area contributed by atoms with Crippen molar-refractivity contribution in [3.05, 3.63) is 0 Å². The fraction of sp³-hybridized carbons (Fsp3) is 0.875. The molecule has 2 aliphatic rings. The fourth-order valence-corrected chi connectivity index (χ4v) is 3.41. The number of carboxylic acids is 1. The van der Waals surface area contributed by atoms with Gasteiger partial charge >= 0.3 is 12.0 Å². The molecule has 0 aromatic carbocycles. The lowest BCUT2D eigenvalue weighted by atomic mass is 9.82. The van der Waals surface area contributed by atoms with Crippen LogP contribution in [0.15, 0.2) is 0 Å². The lowest BCUT2D eigenvalue weighted by Crippen LogP contribution is -2.62. The van der Waals surface area contributed by atoms with Gasteiger partial charge in [0.1, 0.15) is 5.54 Å². The van der Waals surface area contributed by atoms with Gasteiger partial charge in [-0.3, -0.25) is 4.90 Å². The van der Waals surface area contributed by atoms with E-state index in [1.54, 1.807) is 4.90 Å². The summed E-state index contributed by atoms with van der Waals surface area (Å²) in [6, 6.07) is -0.224. The molecule has 2 amide bonds. The Morgan fingerprint density at radius 1 is 1.00 bits per heavy atom. The molecule has 6 nitrogen and oxygen atoms in total. The van der Waals surface area contributed by atoms with Crippen molar-refractivity contribution < 1.29 is 14.7 Å². The SMILES string of the molecule is CC(C)(C)N1CCN(C(=O)NC2(C(=O)O)CCCCC2)CC1. The number of nitrogens with one attached hydrogen (secondary N) is 1. The van der Waals surface area contributed by atoms with Gasteiger partial charge in [0.25, 0.3) is 0 Å². The van der Waals surface area contributed by atoms with Crippen molar-refractivity contribution in [1.82, 2.24) is 15.1 Å². The van der Waals surface area contributed by atoms with Gasteiger partial charge < -0.3 is 15.3 Å². The van der Waals surface area contributed by atoms with Crippen molar-refractivity contribution in [3.8, 4) is 0 Å². The van der Waals surface area contributed by atoms with Gasteiger partial charge in [-0.15, -0.1) is 0 Å². The van der Waals surface area contributed by atoms with Crippen molar-refractivity contribution in [2.24, 2.45) is 0 Å². The normalized spacial score (nSPS) is 23.1. The third-order valence-corrected chi connectivity index (χ3v) is 4.98. The lowest BCUT2D eigenvalue weighted by molar-refractivity contribution is -0.146. The average molecular weight is 311 g/mol. The van der Waals surface area contributed by atoms with Crippen LogP contribution in [0.5, 0.6) is 0 Å². The Hall–Kier alpha value is -1.30. The molecule has 0 radical (unpaired) electrons. The zero-order valence-electron chi connectivity index (χ0n) is 14.0. The molecule has 0 unspecified atom stereocenters. The molecular formula is C16H29N3O3. The minimum absolute atomic E-state index is 0.105. The van der Waals surface area contributed by atoms with Crippen LogP contribution in [0.1, 0.15) is 52.9 Å². The van der Waals surface area contributed by atoms with Gasteiger partial charge in [0.05, 0.1) is 0 Å². The Bertz CT molecular complexity index is 417. The molecule has 0 bridgehead atoms. The van der Waals surface area contributed by atoms with E-state index in [9.17, 15) is 14.7 Å². The number of rotatable bonds is 2. The van der Waals surface area contributed by atoms with E-state index < -0.39 is 11.5 Å². The van der Waals surface area contributed by atoms with E-state index in [2.05, 4.69) is 31.0 Å². The number of piperazine rings is 1. The third-order valence-electron chi connectivity index (χ3n) is 4.98. The van der Waals surface area contributed by atoms with E-state index in [0.717, 1.165) is 32.4 Å². The number of carboxylic acid groups (broad SMARTS) is 1. The highest BCUT2D eigenvalue weighted by Gasteiger charge is 2.42. The highest BCUT2D eigenvalue weighted by atomic mass is 16.4. The molecule has 1 saturated carbocycles. The summed E-state index contributed by atoms with van der Waals surface area (Å²) in [5, 5.41) is 12.4. The topological polar surface area (TPSA) is 72.9 Å². The molecule has 0 atom stereocenters. The molecule has 2 fully saturated rings. The second kappa shape index (κ2) is 6.44. The van der Waals surface area contributed by atoms with Gasteiger partial charge in [0.15, 0.2) is 0 Å². The second-order valence-electron chi connectivity index (χ2n) is 7.52. The summed E-state index contributed by atoms with van der Waals surface area (Å²) in [7, 11) is 0. The maximum Gasteiger partial charge on any atom is 0.329 e. The summed E-state index contributed by atoms with van der Waals surface area (Å²) >= 11 is 0. The summed E-state index contributed by atoms with van der Waals surface area (Å²) in [4.78, 5) is 28.2. The Kier molecular flexibility index (Phi) is 5.00. The van der Waals surface area contributed by atoms with Crippen molar-refractivity contribution in [1.29, 1.82) is 0 Å². The Labute approximate surface area is 132 Å². The smallest absolute Gasteiger partial charge is 0.329 e. The standard InChI is InChI=1S/C16H29N3O3/c1-15(2,3)19-11-9-18(10-12-19)14(22)17-16(13(20)21)7-5-4-6-8-16/h4-12H2,1-3H3,(H,17,22)(H,20,21).